The molecule has 1 aliphatic carbocycles. The molecule has 1 nitrogen and oxygen atoms in total. The standard InChI is InChI=1S/C18H25F2N/c1-2-8-21-13-16(15-6-4-3-5-7-15)9-14-10-17(19)12-18(20)11-14/h9-12,15,21H,2-8,13H2,1H3/b16-9-. The lowest BCUT2D eigenvalue weighted by Gasteiger charge is -2.25. The van der Waals surface area contributed by atoms with E-state index < -0.39 is 11.6 Å². The van der Waals surface area contributed by atoms with Crippen molar-refractivity contribution in [3.05, 3.63) is 41.0 Å². The van der Waals surface area contributed by atoms with Gasteiger partial charge < -0.3 is 5.32 Å². The lowest BCUT2D eigenvalue weighted by Crippen LogP contribution is -2.23. The van der Waals surface area contributed by atoms with Gasteiger partial charge in [0.05, 0.1) is 0 Å². The maximum Gasteiger partial charge on any atom is 0.126 e. The van der Waals surface area contributed by atoms with Gasteiger partial charge in [0, 0.05) is 12.6 Å². The van der Waals surface area contributed by atoms with Gasteiger partial charge in [0.15, 0.2) is 0 Å². The Balaban J connectivity index is 2.17. The molecule has 0 bridgehead atoms. The molecule has 0 spiro atoms. The molecule has 3 heteroatoms. The van der Waals surface area contributed by atoms with E-state index >= 15 is 0 Å². The van der Waals surface area contributed by atoms with Crippen molar-refractivity contribution in [2.45, 2.75) is 45.4 Å². The molecule has 0 amide bonds. The SMILES string of the molecule is CCCNC/C(=C/c1cc(F)cc(F)c1)C1CCCCC1. The van der Waals surface area contributed by atoms with Crippen LogP contribution in [0, 0.1) is 17.6 Å². The number of rotatable bonds is 6. The second-order valence-corrected chi connectivity index (χ2v) is 5.93. The van der Waals surface area contributed by atoms with Gasteiger partial charge in [0.25, 0.3) is 0 Å². The largest absolute Gasteiger partial charge is 0.313 e. The van der Waals surface area contributed by atoms with Crippen molar-refractivity contribution in [2.24, 2.45) is 5.92 Å². The van der Waals surface area contributed by atoms with Crippen molar-refractivity contribution >= 4 is 6.08 Å². The molecule has 116 valence electrons. The van der Waals surface area contributed by atoms with Crippen LogP contribution in [0.15, 0.2) is 23.8 Å². The highest BCUT2D eigenvalue weighted by Gasteiger charge is 2.17. The van der Waals surface area contributed by atoms with Crippen LogP contribution in [0.2, 0.25) is 0 Å². The van der Waals surface area contributed by atoms with Crippen molar-refractivity contribution in [1.82, 2.24) is 5.32 Å². The number of hydrogen-bond acceptors (Lipinski definition) is 1. The van der Waals surface area contributed by atoms with Gasteiger partial charge in [-0.1, -0.05) is 37.8 Å². The number of nitrogens with one attached hydrogen (secondary N) is 1. The lowest BCUT2D eigenvalue weighted by molar-refractivity contribution is 0.396. The van der Waals surface area contributed by atoms with Crippen molar-refractivity contribution in [3.8, 4) is 0 Å². The normalized spacial score (nSPS) is 17.2. The summed E-state index contributed by atoms with van der Waals surface area (Å²) in [6.07, 6.45) is 9.27. The maximum atomic E-state index is 13.3. The Morgan fingerprint density at radius 1 is 1.14 bits per heavy atom. The zero-order chi connectivity index (χ0) is 15.1. The molecule has 1 aromatic carbocycles. The first-order chi connectivity index (χ1) is 10.2. The lowest BCUT2D eigenvalue weighted by atomic mass is 9.83. The molecule has 0 radical (unpaired) electrons. The van der Waals surface area contributed by atoms with Crippen LogP contribution < -0.4 is 5.32 Å². The second kappa shape index (κ2) is 8.28. The van der Waals surface area contributed by atoms with Crippen molar-refractivity contribution in [3.63, 3.8) is 0 Å². The average molecular weight is 293 g/mol. The molecule has 1 N–H and O–H groups in total. The molecule has 1 fully saturated rings. The summed E-state index contributed by atoms with van der Waals surface area (Å²) in [4.78, 5) is 0. The topological polar surface area (TPSA) is 12.0 Å². The summed E-state index contributed by atoms with van der Waals surface area (Å²) >= 11 is 0. The van der Waals surface area contributed by atoms with Gasteiger partial charge in [-0.2, -0.15) is 0 Å². The number of hydrogen-bond donors (Lipinski definition) is 1. The highest BCUT2D eigenvalue weighted by Crippen LogP contribution is 2.30. The molecular weight excluding hydrogens is 268 g/mol. The van der Waals surface area contributed by atoms with E-state index in [0.717, 1.165) is 25.6 Å². The zero-order valence-electron chi connectivity index (χ0n) is 12.8. The van der Waals surface area contributed by atoms with E-state index in [2.05, 4.69) is 12.2 Å². The summed E-state index contributed by atoms with van der Waals surface area (Å²) in [5.41, 5.74) is 1.92. The first kappa shape index (κ1) is 16.2. The Morgan fingerprint density at radius 3 is 2.43 bits per heavy atom. The summed E-state index contributed by atoms with van der Waals surface area (Å²) < 4.78 is 26.7. The Kier molecular flexibility index (Phi) is 6.37. The molecule has 0 aromatic heterocycles. The number of halogens is 2. The van der Waals surface area contributed by atoms with E-state index in [1.807, 2.05) is 6.08 Å². The molecule has 0 heterocycles. The zero-order valence-corrected chi connectivity index (χ0v) is 12.8. The molecule has 0 atom stereocenters. The van der Waals surface area contributed by atoms with Gasteiger partial charge >= 0.3 is 0 Å². The molecule has 1 aromatic rings. The van der Waals surface area contributed by atoms with Crippen molar-refractivity contribution < 1.29 is 8.78 Å². The molecule has 0 unspecified atom stereocenters. The fourth-order valence-corrected chi connectivity index (χ4v) is 3.07. The first-order valence-electron chi connectivity index (χ1n) is 8.06. The highest BCUT2D eigenvalue weighted by atomic mass is 19.1. The van der Waals surface area contributed by atoms with Gasteiger partial charge in [0.1, 0.15) is 11.6 Å². The summed E-state index contributed by atoms with van der Waals surface area (Å²) in [5, 5.41) is 3.43. The third-order valence-electron chi connectivity index (χ3n) is 4.12. The minimum Gasteiger partial charge on any atom is -0.313 e. The molecule has 0 saturated heterocycles. The van der Waals surface area contributed by atoms with Crippen LogP contribution >= 0.6 is 0 Å². The quantitative estimate of drug-likeness (QED) is 0.733. The summed E-state index contributed by atoms with van der Waals surface area (Å²) in [6.45, 7) is 3.93. The summed E-state index contributed by atoms with van der Waals surface area (Å²) in [5.74, 6) is -0.467. The Labute approximate surface area is 126 Å². The van der Waals surface area contributed by atoms with Gasteiger partial charge in [-0.15, -0.1) is 0 Å². The van der Waals surface area contributed by atoms with E-state index in [1.165, 1.54) is 49.8 Å². The van der Waals surface area contributed by atoms with E-state index in [-0.39, 0.29) is 0 Å². The van der Waals surface area contributed by atoms with Crippen LogP contribution in [0.1, 0.15) is 51.0 Å². The summed E-state index contributed by atoms with van der Waals surface area (Å²) in [6, 6.07) is 3.74. The molecule has 1 saturated carbocycles. The van der Waals surface area contributed by atoms with E-state index in [9.17, 15) is 8.78 Å². The molecule has 21 heavy (non-hydrogen) atoms. The van der Waals surface area contributed by atoms with Gasteiger partial charge in [-0.25, -0.2) is 8.78 Å². The highest BCUT2D eigenvalue weighted by molar-refractivity contribution is 5.54. The van der Waals surface area contributed by atoms with Crippen molar-refractivity contribution in [2.75, 3.05) is 13.1 Å². The molecule has 1 aliphatic rings. The predicted octanol–water partition coefficient (Wildman–Crippen LogP) is 4.93. The second-order valence-electron chi connectivity index (χ2n) is 5.93. The van der Waals surface area contributed by atoms with Crippen LogP contribution in [0.3, 0.4) is 0 Å². The van der Waals surface area contributed by atoms with Gasteiger partial charge in [-0.05, 0) is 49.4 Å². The Bertz CT molecular complexity index is 456. The monoisotopic (exact) mass is 293 g/mol. The first-order valence-corrected chi connectivity index (χ1v) is 8.06. The van der Waals surface area contributed by atoms with Crippen LogP contribution in [0.5, 0.6) is 0 Å². The maximum absolute atomic E-state index is 13.3. The van der Waals surface area contributed by atoms with E-state index in [0.29, 0.717) is 11.5 Å². The average Bonchev–Trinajstić information content (AvgIpc) is 2.46. The third-order valence-corrected chi connectivity index (χ3v) is 4.12. The number of benzene rings is 1. The fourth-order valence-electron chi connectivity index (χ4n) is 3.07. The van der Waals surface area contributed by atoms with E-state index in [1.54, 1.807) is 0 Å². The van der Waals surface area contributed by atoms with Crippen LogP contribution in [0.25, 0.3) is 6.08 Å². The van der Waals surface area contributed by atoms with Crippen LogP contribution in [-0.2, 0) is 0 Å². The molecular formula is C18H25F2N. The van der Waals surface area contributed by atoms with Gasteiger partial charge in [-0.3, -0.25) is 0 Å². The minimum atomic E-state index is -0.509. The molecule has 2 rings (SSSR count). The Morgan fingerprint density at radius 2 is 1.81 bits per heavy atom. The van der Waals surface area contributed by atoms with Crippen molar-refractivity contribution in [1.29, 1.82) is 0 Å². The third kappa shape index (κ3) is 5.24. The molecule has 0 aliphatic heterocycles. The van der Waals surface area contributed by atoms with Gasteiger partial charge in [0.2, 0.25) is 0 Å². The van der Waals surface area contributed by atoms with Crippen LogP contribution in [-0.4, -0.2) is 13.1 Å². The predicted molar refractivity (Wildman–Crippen MR) is 84.1 cm³/mol. The van der Waals surface area contributed by atoms with E-state index in [4.69, 9.17) is 0 Å². The summed E-state index contributed by atoms with van der Waals surface area (Å²) in [7, 11) is 0. The fraction of sp³-hybridized carbons (Fsp3) is 0.556. The van der Waals surface area contributed by atoms with Crippen LogP contribution in [0.4, 0.5) is 8.78 Å². The minimum absolute atomic E-state index is 0.509. The Hall–Kier alpha value is -1.22. The smallest absolute Gasteiger partial charge is 0.126 e.